The van der Waals surface area contributed by atoms with Crippen molar-refractivity contribution in [3.63, 3.8) is 0 Å². The molecule has 1 N–H and O–H groups in total. The molecular weight excluding hydrogens is 272 g/mol. The molecule has 0 unspecified atom stereocenters. The van der Waals surface area contributed by atoms with E-state index in [1.165, 1.54) is 0 Å². The first-order valence-electron chi connectivity index (χ1n) is 4.97. The van der Waals surface area contributed by atoms with E-state index in [1.54, 1.807) is 6.07 Å². The number of hydrogen-bond acceptors (Lipinski definition) is 3. The van der Waals surface area contributed by atoms with E-state index in [4.69, 9.17) is 0 Å². The first-order valence-corrected chi connectivity index (χ1v) is 5.76. The molecule has 0 radical (unpaired) electrons. The number of carbonyl (C=O) groups excluding carboxylic acids is 2. The van der Waals surface area contributed by atoms with Gasteiger partial charge in [0.15, 0.2) is 6.29 Å². The molecule has 1 aliphatic heterocycles. The summed E-state index contributed by atoms with van der Waals surface area (Å²) in [6, 6.07) is 5.47. The largest absolute Gasteiger partial charge is 0.360 e. The molecule has 1 aromatic rings. The molecule has 0 saturated carbocycles. The molecule has 0 aromatic heterocycles. The molecule has 0 aliphatic carbocycles. The van der Waals surface area contributed by atoms with Crippen LogP contribution < -0.4 is 10.2 Å². The number of benzene rings is 1. The van der Waals surface area contributed by atoms with Gasteiger partial charge in [-0.25, -0.2) is 0 Å². The van der Waals surface area contributed by atoms with Crippen molar-refractivity contribution in [2.24, 2.45) is 0 Å². The van der Waals surface area contributed by atoms with Gasteiger partial charge in [-0.15, -0.1) is 0 Å². The maximum absolute atomic E-state index is 11.2. The van der Waals surface area contributed by atoms with E-state index >= 15 is 0 Å². The summed E-state index contributed by atoms with van der Waals surface area (Å²) in [6.07, 6.45) is 0.802. The number of rotatable bonds is 2. The topological polar surface area (TPSA) is 49.4 Å². The Labute approximate surface area is 102 Å². The third-order valence-electron chi connectivity index (χ3n) is 2.51. The molecule has 1 heterocycles. The Morgan fingerprint density at radius 3 is 2.88 bits per heavy atom. The number of hydrogen-bond donors (Lipinski definition) is 1. The fraction of sp³-hybridized carbons (Fsp3) is 0.273. The van der Waals surface area contributed by atoms with Gasteiger partial charge in [0.25, 0.3) is 0 Å². The summed E-state index contributed by atoms with van der Waals surface area (Å²) in [5, 5.41) is 2.77. The Kier molecular flexibility index (Phi) is 3.24. The van der Waals surface area contributed by atoms with Gasteiger partial charge in [0.1, 0.15) is 0 Å². The zero-order valence-electron chi connectivity index (χ0n) is 8.57. The fourth-order valence-corrected chi connectivity index (χ4v) is 2.13. The van der Waals surface area contributed by atoms with Crippen LogP contribution in [0, 0.1) is 0 Å². The standard InChI is InChI=1S/C11H11BrN2O2/c12-10-5-9(2-1-8(10)7-15)14-4-3-13-11(16)6-14/h1-2,5,7H,3-4,6H2,(H,13,16). The van der Waals surface area contributed by atoms with E-state index in [0.717, 1.165) is 23.0 Å². The Bertz CT molecular complexity index is 434. The molecule has 0 bridgehead atoms. The average molecular weight is 283 g/mol. The van der Waals surface area contributed by atoms with Gasteiger partial charge in [0.05, 0.1) is 6.54 Å². The van der Waals surface area contributed by atoms with Crippen molar-refractivity contribution in [2.45, 2.75) is 0 Å². The Morgan fingerprint density at radius 2 is 2.25 bits per heavy atom. The quantitative estimate of drug-likeness (QED) is 0.830. The van der Waals surface area contributed by atoms with E-state index in [-0.39, 0.29) is 5.91 Å². The number of nitrogens with one attached hydrogen (secondary N) is 1. The van der Waals surface area contributed by atoms with Crippen LogP contribution in [0.15, 0.2) is 22.7 Å². The summed E-state index contributed by atoms with van der Waals surface area (Å²) in [6.45, 7) is 1.82. The second kappa shape index (κ2) is 4.65. The monoisotopic (exact) mass is 282 g/mol. The predicted molar refractivity (Wildman–Crippen MR) is 64.8 cm³/mol. The van der Waals surface area contributed by atoms with Crippen LogP contribution in [-0.2, 0) is 4.79 Å². The van der Waals surface area contributed by atoms with Gasteiger partial charge in [-0.3, -0.25) is 9.59 Å². The molecule has 84 valence electrons. The van der Waals surface area contributed by atoms with Crippen LogP contribution >= 0.6 is 15.9 Å². The molecule has 5 heteroatoms. The van der Waals surface area contributed by atoms with Crippen LogP contribution in [0.5, 0.6) is 0 Å². The number of nitrogens with zero attached hydrogens (tertiary/aromatic N) is 1. The van der Waals surface area contributed by atoms with Crippen molar-refractivity contribution >= 4 is 33.8 Å². The molecule has 0 atom stereocenters. The molecule has 4 nitrogen and oxygen atoms in total. The highest BCUT2D eigenvalue weighted by Crippen LogP contribution is 2.23. The summed E-state index contributed by atoms with van der Waals surface area (Å²) in [7, 11) is 0. The van der Waals surface area contributed by atoms with Gasteiger partial charge < -0.3 is 10.2 Å². The Balaban J connectivity index is 2.23. The summed E-state index contributed by atoms with van der Waals surface area (Å²) < 4.78 is 0.756. The van der Waals surface area contributed by atoms with Crippen molar-refractivity contribution in [3.8, 4) is 0 Å². The number of aldehydes is 1. The summed E-state index contributed by atoms with van der Waals surface area (Å²) in [5.41, 5.74) is 1.57. The molecule has 1 aliphatic rings. The van der Waals surface area contributed by atoms with E-state index in [9.17, 15) is 9.59 Å². The first-order chi connectivity index (χ1) is 7.70. The molecule has 1 saturated heterocycles. The summed E-state index contributed by atoms with van der Waals surface area (Å²) >= 11 is 3.33. The maximum atomic E-state index is 11.2. The Morgan fingerprint density at radius 1 is 1.44 bits per heavy atom. The van der Waals surface area contributed by atoms with Crippen molar-refractivity contribution in [1.82, 2.24) is 5.32 Å². The first kappa shape index (κ1) is 11.1. The molecule has 1 aromatic carbocycles. The second-order valence-corrected chi connectivity index (χ2v) is 4.45. The molecule has 2 rings (SSSR count). The summed E-state index contributed by atoms with van der Waals surface area (Å²) in [5.74, 6) is 0.0295. The minimum atomic E-state index is 0.0295. The molecule has 16 heavy (non-hydrogen) atoms. The number of anilines is 1. The van der Waals surface area contributed by atoms with Crippen LogP contribution in [0.4, 0.5) is 5.69 Å². The van der Waals surface area contributed by atoms with Crippen molar-refractivity contribution < 1.29 is 9.59 Å². The highest BCUT2D eigenvalue weighted by atomic mass is 79.9. The third kappa shape index (κ3) is 2.24. The van der Waals surface area contributed by atoms with Crippen LogP contribution in [0.3, 0.4) is 0 Å². The van der Waals surface area contributed by atoms with Crippen molar-refractivity contribution in [2.75, 3.05) is 24.5 Å². The minimum absolute atomic E-state index is 0.0295. The van der Waals surface area contributed by atoms with Crippen LogP contribution in [-0.4, -0.2) is 31.8 Å². The van der Waals surface area contributed by atoms with Gasteiger partial charge in [-0.05, 0) is 34.1 Å². The molecule has 1 amide bonds. The normalized spacial score (nSPS) is 15.8. The summed E-state index contributed by atoms with van der Waals surface area (Å²) in [4.78, 5) is 23.9. The molecule has 0 spiro atoms. The van der Waals surface area contributed by atoms with Gasteiger partial charge in [0, 0.05) is 28.8 Å². The Hall–Kier alpha value is -1.36. The zero-order chi connectivity index (χ0) is 11.5. The zero-order valence-corrected chi connectivity index (χ0v) is 10.2. The van der Waals surface area contributed by atoms with Crippen molar-refractivity contribution in [3.05, 3.63) is 28.2 Å². The second-order valence-electron chi connectivity index (χ2n) is 3.60. The van der Waals surface area contributed by atoms with Gasteiger partial charge >= 0.3 is 0 Å². The van der Waals surface area contributed by atoms with Crippen molar-refractivity contribution in [1.29, 1.82) is 0 Å². The lowest BCUT2D eigenvalue weighted by molar-refractivity contribution is -0.120. The smallest absolute Gasteiger partial charge is 0.239 e. The van der Waals surface area contributed by atoms with Crippen LogP contribution in [0.25, 0.3) is 0 Å². The lowest BCUT2D eigenvalue weighted by Crippen LogP contribution is -2.47. The van der Waals surface area contributed by atoms with Crippen LogP contribution in [0.1, 0.15) is 10.4 Å². The van der Waals surface area contributed by atoms with E-state index in [2.05, 4.69) is 21.2 Å². The van der Waals surface area contributed by atoms with Gasteiger partial charge in [0.2, 0.25) is 5.91 Å². The average Bonchev–Trinajstić information content (AvgIpc) is 2.29. The lowest BCUT2D eigenvalue weighted by atomic mass is 10.2. The lowest BCUT2D eigenvalue weighted by Gasteiger charge is -2.28. The number of halogens is 1. The SMILES string of the molecule is O=Cc1ccc(N2CCNC(=O)C2)cc1Br. The maximum Gasteiger partial charge on any atom is 0.239 e. The minimum Gasteiger partial charge on any atom is -0.360 e. The number of carbonyl (C=O) groups is 2. The fourth-order valence-electron chi connectivity index (χ4n) is 1.67. The third-order valence-corrected chi connectivity index (χ3v) is 3.20. The predicted octanol–water partition coefficient (Wildman–Crippen LogP) is 1.20. The van der Waals surface area contributed by atoms with E-state index < -0.39 is 0 Å². The van der Waals surface area contributed by atoms with Gasteiger partial charge in [-0.2, -0.15) is 0 Å². The number of piperazine rings is 1. The van der Waals surface area contributed by atoms with Gasteiger partial charge in [-0.1, -0.05) is 0 Å². The van der Waals surface area contributed by atoms with Crippen LogP contribution in [0.2, 0.25) is 0 Å². The highest BCUT2D eigenvalue weighted by molar-refractivity contribution is 9.10. The highest BCUT2D eigenvalue weighted by Gasteiger charge is 2.16. The van der Waals surface area contributed by atoms with E-state index in [0.29, 0.717) is 18.7 Å². The molecular formula is C11H11BrN2O2. The molecule has 1 fully saturated rings. The van der Waals surface area contributed by atoms with E-state index in [1.807, 2.05) is 17.0 Å². The number of amides is 1.